The van der Waals surface area contributed by atoms with Gasteiger partial charge in [-0.2, -0.15) is 5.26 Å². The molecule has 1 aliphatic rings. The number of carbonyl (C=O) groups is 1. The Bertz CT molecular complexity index is 996. The number of nitriles is 1. The first-order chi connectivity index (χ1) is 16.0. The molecular weight excluding hydrogens is 418 g/mol. The Morgan fingerprint density at radius 2 is 2.03 bits per heavy atom. The van der Waals surface area contributed by atoms with Crippen LogP contribution in [0.4, 0.5) is 17.1 Å². The number of nitrogens with zero attached hydrogens (tertiary/aromatic N) is 2. The van der Waals surface area contributed by atoms with E-state index in [1.54, 1.807) is 13.2 Å². The molecule has 0 amide bonds. The van der Waals surface area contributed by atoms with Crippen LogP contribution in [-0.4, -0.2) is 50.6 Å². The Hall–Kier alpha value is -3.08. The van der Waals surface area contributed by atoms with Crippen molar-refractivity contribution in [1.29, 1.82) is 5.26 Å². The van der Waals surface area contributed by atoms with Crippen LogP contribution < -0.4 is 10.2 Å². The van der Waals surface area contributed by atoms with Crippen molar-refractivity contribution in [1.82, 2.24) is 0 Å². The van der Waals surface area contributed by atoms with Gasteiger partial charge in [0.25, 0.3) is 0 Å². The van der Waals surface area contributed by atoms with E-state index in [0.29, 0.717) is 18.2 Å². The molecule has 1 heterocycles. The predicted octanol–water partition coefficient (Wildman–Crippen LogP) is 4.82. The first-order valence-corrected chi connectivity index (χ1v) is 11.4. The monoisotopic (exact) mass is 451 g/mol. The van der Waals surface area contributed by atoms with Crippen LogP contribution in [0.25, 0.3) is 0 Å². The highest BCUT2D eigenvalue weighted by atomic mass is 16.5. The number of carboxylic acids is 1. The minimum atomic E-state index is -0.851. The van der Waals surface area contributed by atoms with Gasteiger partial charge in [0.15, 0.2) is 0 Å². The zero-order chi connectivity index (χ0) is 23.8. The van der Waals surface area contributed by atoms with Gasteiger partial charge in [0, 0.05) is 44.5 Å². The summed E-state index contributed by atoms with van der Waals surface area (Å²) in [6.45, 7) is 6.82. The van der Waals surface area contributed by atoms with Crippen molar-refractivity contribution in [2.24, 2.45) is 0 Å². The van der Waals surface area contributed by atoms with E-state index in [1.165, 1.54) is 0 Å². The van der Waals surface area contributed by atoms with Crippen molar-refractivity contribution in [2.45, 2.75) is 45.1 Å². The van der Waals surface area contributed by atoms with Crippen LogP contribution in [0.15, 0.2) is 36.4 Å². The Balaban J connectivity index is 2.04. The molecule has 0 spiro atoms. The number of ether oxygens (including phenoxy) is 2. The minimum absolute atomic E-state index is 0.0000231. The van der Waals surface area contributed by atoms with Gasteiger partial charge in [-0.3, -0.25) is 4.79 Å². The fourth-order valence-corrected chi connectivity index (χ4v) is 4.48. The molecule has 0 radical (unpaired) electrons. The maximum absolute atomic E-state index is 11.4. The summed E-state index contributed by atoms with van der Waals surface area (Å²) in [7, 11) is 1.59. The molecule has 2 aromatic carbocycles. The summed E-state index contributed by atoms with van der Waals surface area (Å²) in [6.07, 6.45) is 1.94. The van der Waals surface area contributed by atoms with E-state index in [1.807, 2.05) is 31.2 Å². The summed E-state index contributed by atoms with van der Waals surface area (Å²) in [6, 6.07) is 14.3. The maximum Gasteiger partial charge on any atom is 0.304 e. The second kappa shape index (κ2) is 11.7. The first kappa shape index (κ1) is 24.6. The van der Waals surface area contributed by atoms with E-state index in [9.17, 15) is 15.2 Å². The SMILES string of the molecule is CCN(c1ccc([C@@H](COC)CC(=O)O)cc1Nc1ccc(C#N)cc1C)C1CCOCC1. The molecule has 1 atom stereocenters. The smallest absolute Gasteiger partial charge is 0.304 e. The fraction of sp³-hybridized carbons (Fsp3) is 0.462. The van der Waals surface area contributed by atoms with E-state index in [4.69, 9.17) is 9.47 Å². The molecule has 2 aromatic rings. The molecule has 176 valence electrons. The number of anilines is 3. The standard InChI is InChI=1S/C26H33N3O4/c1-4-29(22-9-11-33-12-10-22)25-8-6-20(21(17-32-3)15-26(30)31)14-24(25)28-23-7-5-19(16-27)13-18(23)2/h5-8,13-14,21-22,28H,4,9-12,15,17H2,1-3H3,(H,30,31)/t21-/m1/s1. The average Bonchev–Trinajstić information content (AvgIpc) is 2.82. The molecule has 0 aromatic heterocycles. The van der Waals surface area contributed by atoms with E-state index < -0.39 is 5.97 Å². The lowest BCUT2D eigenvalue weighted by Gasteiger charge is -2.37. The number of nitrogens with one attached hydrogen (secondary N) is 1. The summed E-state index contributed by atoms with van der Waals surface area (Å²) in [5, 5.41) is 22.2. The molecule has 0 unspecified atom stereocenters. The highest BCUT2D eigenvalue weighted by Gasteiger charge is 2.24. The van der Waals surface area contributed by atoms with Crippen LogP contribution in [0, 0.1) is 18.3 Å². The Morgan fingerprint density at radius 1 is 1.27 bits per heavy atom. The number of rotatable bonds is 10. The highest BCUT2D eigenvalue weighted by molar-refractivity contribution is 5.78. The zero-order valence-electron chi connectivity index (χ0n) is 19.6. The molecule has 7 heteroatoms. The number of hydrogen-bond acceptors (Lipinski definition) is 6. The van der Waals surface area contributed by atoms with Crippen molar-refractivity contribution in [3.8, 4) is 6.07 Å². The zero-order valence-corrected chi connectivity index (χ0v) is 19.6. The van der Waals surface area contributed by atoms with E-state index in [-0.39, 0.29) is 12.3 Å². The normalized spacial score (nSPS) is 15.0. The third-order valence-corrected chi connectivity index (χ3v) is 6.19. The van der Waals surface area contributed by atoms with Gasteiger partial charge in [-0.05, 0) is 68.1 Å². The fourth-order valence-electron chi connectivity index (χ4n) is 4.48. The van der Waals surface area contributed by atoms with Crippen LogP contribution in [0.2, 0.25) is 0 Å². The van der Waals surface area contributed by atoms with Crippen molar-refractivity contribution in [3.05, 3.63) is 53.1 Å². The first-order valence-electron chi connectivity index (χ1n) is 11.4. The Morgan fingerprint density at radius 3 is 2.64 bits per heavy atom. The third-order valence-electron chi connectivity index (χ3n) is 6.19. The molecule has 2 N–H and O–H groups in total. The molecule has 0 aliphatic carbocycles. The lowest BCUT2D eigenvalue weighted by molar-refractivity contribution is -0.137. The highest BCUT2D eigenvalue weighted by Crippen LogP contribution is 2.36. The predicted molar refractivity (Wildman–Crippen MR) is 129 cm³/mol. The summed E-state index contributed by atoms with van der Waals surface area (Å²) >= 11 is 0. The van der Waals surface area contributed by atoms with Crippen molar-refractivity contribution in [2.75, 3.05) is 43.7 Å². The Labute approximate surface area is 195 Å². The van der Waals surface area contributed by atoms with Crippen molar-refractivity contribution in [3.63, 3.8) is 0 Å². The van der Waals surface area contributed by atoms with Gasteiger partial charge >= 0.3 is 5.97 Å². The van der Waals surface area contributed by atoms with Gasteiger partial charge in [-0.25, -0.2) is 0 Å². The molecule has 33 heavy (non-hydrogen) atoms. The second-order valence-electron chi connectivity index (χ2n) is 8.42. The van der Waals surface area contributed by atoms with Crippen molar-refractivity contribution < 1.29 is 19.4 Å². The lowest BCUT2D eigenvalue weighted by Crippen LogP contribution is -2.39. The lowest BCUT2D eigenvalue weighted by atomic mass is 9.94. The maximum atomic E-state index is 11.4. The molecule has 1 aliphatic heterocycles. The van der Waals surface area contributed by atoms with Gasteiger partial charge in [0.05, 0.1) is 36.0 Å². The topological polar surface area (TPSA) is 94.8 Å². The molecule has 1 saturated heterocycles. The summed E-state index contributed by atoms with van der Waals surface area (Å²) < 4.78 is 10.9. The van der Waals surface area contributed by atoms with E-state index in [0.717, 1.165) is 60.8 Å². The van der Waals surface area contributed by atoms with Gasteiger partial charge < -0.3 is 24.8 Å². The molecule has 3 rings (SSSR count). The number of methoxy groups -OCH3 is 1. The summed E-state index contributed by atoms with van der Waals surface area (Å²) in [5.41, 5.74) is 5.41. The van der Waals surface area contributed by atoms with Gasteiger partial charge in [-0.1, -0.05) is 6.07 Å². The van der Waals surface area contributed by atoms with E-state index in [2.05, 4.69) is 29.3 Å². The molecule has 0 bridgehead atoms. The third kappa shape index (κ3) is 6.25. The summed E-state index contributed by atoms with van der Waals surface area (Å²) in [5.74, 6) is -1.10. The largest absolute Gasteiger partial charge is 0.481 e. The van der Waals surface area contributed by atoms with Gasteiger partial charge in [-0.15, -0.1) is 0 Å². The van der Waals surface area contributed by atoms with Crippen LogP contribution in [0.3, 0.4) is 0 Å². The molecule has 7 nitrogen and oxygen atoms in total. The summed E-state index contributed by atoms with van der Waals surface area (Å²) in [4.78, 5) is 13.8. The van der Waals surface area contributed by atoms with E-state index >= 15 is 0 Å². The van der Waals surface area contributed by atoms with Crippen LogP contribution in [0.1, 0.15) is 48.8 Å². The van der Waals surface area contributed by atoms with Crippen LogP contribution in [0.5, 0.6) is 0 Å². The number of carboxylic acid groups (broad SMARTS) is 1. The van der Waals surface area contributed by atoms with Crippen molar-refractivity contribution >= 4 is 23.0 Å². The molecule has 0 saturated carbocycles. The molecular formula is C26H33N3O4. The number of aliphatic carboxylic acids is 1. The second-order valence-corrected chi connectivity index (χ2v) is 8.42. The average molecular weight is 452 g/mol. The Kier molecular flexibility index (Phi) is 8.70. The van der Waals surface area contributed by atoms with Crippen LogP contribution in [-0.2, 0) is 14.3 Å². The number of hydrogen-bond donors (Lipinski definition) is 2. The quantitative estimate of drug-likeness (QED) is 0.535. The minimum Gasteiger partial charge on any atom is -0.481 e. The van der Waals surface area contributed by atoms with Gasteiger partial charge in [0.2, 0.25) is 0 Å². The number of benzene rings is 2. The molecule has 1 fully saturated rings. The number of aryl methyl sites for hydroxylation is 1. The van der Waals surface area contributed by atoms with Crippen LogP contribution >= 0.6 is 0 Å². The van der Waals surface area contributed by atoms with Gasteiger partial charge in [0.1, 0.15) is 0 Å².